The lowest BCUT2D eigenvalue weighted by Gasteiger charge is -2.28. The predicted octanol–water partition coefficient (Wildman–Crippen LogP) is 19.4. The van der Waals surface area contributed by atoms with Crippen LogP contribution in [0, 0.1) is 0 Å². The third-order valence-electron chi connectivity index (χ3n) is 16.3. The maximum Gasteiger partial charge on any atom is 0.410 e. The van der Waals surface area contributed by atoms with E-state index in [1.807, 2.05) is 0 Å². The zero-order valence-corrected chi connectivity index (χ0v) is 63.1. The summed E-state index contributed by atoms with van der Waals surface area (Å²) in [4.78, 5) is 53.6. The van der Waals surface area contributed by atoms with Crippen molar-refractivity contribution in [2.45, 2.75) is 336 Å². The van der Waals surface area contributed by atoms with E-state index in [9.17, 15) is 19.2 Å². The molecular weight excluding hydrogens is 1200 g/mol. The molecule has 2 amide bonds. The zero-order valence-electron chi connectivity index (χ0n) is 63.1. The largest absolute Gasteiger partial charge is 0.462 e. The van der Waals surface area contributed by atoms with Gasteiger partial charge in [0.15, 0.2) is 0 Å². The van der Waals surface area contributed by atoms with Crippen LogP contribution < -0.4 is 0 Å². The van der Waals surface area contributed by atoms with Gasteiger partial charge in [-0.25, -0.2) is 9.59 Å². The molecule has 17 heteroatoms. The first-order valence-electron chi connectivity index (χ1n) is 38.7. The van der Waals surface area contributed by atoms with Crippen molar-refractivity contribution in [2.24, 2.45) is 0 Å². The van der Waals surface area contributed by atoms with E-state index in [1.54, 1.807) is 41.5 Å². The summed E-state index contributed by atoms with van der Waals surface area (Å²) in [6.07, 6.45) is 57.7. The Labute approximate surface area is 582 Å². The van der Waals surface area contributed by atoms with Crippen LogP contribution in [0.3, 0.4) is 0 Å². The van der Waals surface area contributed by atoms with Crippen LogP contribution in [0.2, 0.25) is 0 Å². The summed E-state index contributed by atoms with van der Waals surface area (Å²) in [6, 6.07) is 0. The minimum Gasteiger partial charge on any atom is -0.462 e. The Morgan fingerprint density at radius 2 is 0.663 bits per heavy atom. The number of ether oxygens (including phenoxy) is 11. The highest BCUT2D eigenvalue weighted by Gasteiger charge is 2.28. The van der Waals surface area contributed by atoms with Crippen LogP contribution in [0.4, 0.5) is 9.59 Å². The number of allylic oxidation sites excluding steroid dienone is 4. The van der Waals surface area contributed by atoms with Crippen molar-refractivity contribution < 1.29 is 71.3 Å². The molecule has 0 saturated heterocycles. The molecule has 0 aromatic carbocycles. The molecule has 95 heavy (non-hydrogen) atoms. The van der Waals surface area contributed by atoms with Crippen LogP contribution in [0.15, 0.2) is 24.3 Å². The van der Waals surface area contributed by atoms with Crippen LogP contribution in [-0.2, 0) is 61.7 Å². The van der Waals surface area contributed by atoms with Gasteiger partial charge < -0.3 is 52.1 Å². The molecule has 0 aromatic heterocycles. The van der Waals surface area contributed by atoms with E-state index >= 15 is 0 Å². The van der Waals surface area contributed by atoms with Crippen molar-refractivity contribution in [1.82, 2.24) is 9.80 Å². The Balaban J connectivity index is 5.21. The molecule has 0 radical (unpaired) electrons. The molecule has 0 aliphatic rings. The molecule has 0 aromatic rings. The molecule has 2 atom stereocenters. The summed E-state index contributed by atoms with van der Waals surface area (Å²) in [7, 11) is 1.48. The standard InChI is InChI=1S/C78H148N2O15/c1-11-14-17-20-23-26-29-31-33-35-37-39-42-45-48-51-56-89-70-72(90-57-52-49-46-43-40-38-36-34-32-30-27-24-21-18-15-12-2)71(53-50-47-44-41-28-25-22-19-16-13-3)91-66-64-87-62-60-86-61-63-88-65-67-93-74(82)69-80(76(84)95-78(7,8)9)55-59-92-73(81)68-79(54-58-85-10)75(83)94-77(4,5)6/h31-34,71-72H,11-30,35-70H2,1-10H3/b33-31-,34-32-. The van der Waals surface area contributed by atoms with Gasteiger partial charge in [-0.1, -0.05) is 225 Å². The first kappa shape index (κ1) is 91.7. The van der Waals surface area contributed by atoms with Crippen LogP contribution in [0.5, 0.6) is 0 Å². The fourth-order valence-electron chi connectivity index (χ4n) is 10.7. The van der Waals surface area contributed by atoms with Gasteiger partial charge in [-0.2, -0.15) is 0 Å². The van der Waals surface area contributed by atoms with Gasteiger partial charge in [-0.15, -0.1) is 0 Å². The number of rotatable bonds is 70. The topological polar surface area (TPSA) is 176 Å². The van der Waals surface area contributed by atoms with E-state index in [0.29, 0.717) is 39.6 Å². The number of hydrogen-bond acceptors (Lipinski definition) is 15. The quantitative estimate of drug-likeness (QED) is 0.0243. The van der Waals surface area contributed by atoms with E-state index in [0.717, 1.165) is 43.8 Å². The first-order valence-corrected chi connectivity index (χ1v) is 38.7. The molecule has 0 saturated carbocycles. The lowest BCUT2D eigenvalue weighted by atomic mass is 10.0. The van der Waals surface area contributed by atoms with Gasteiger partial charge in [0.05, 0.1) is 72.1 Å². The van der Waals surface area contributed by atoms with E-state index in [4.69, 9.17) is 52.1 Å². The average Bonchev–Trinajstić information content (AvgIpc) is 1.27. The van der Waals surface area contributed by atoms with Crippen LogP contribution in [0.25, 0.3) is 0 Å². The maximum atomic E-state index is 13.1. The summed E-state index contributed by atoms with van der Waals surface area (Å²) in [5, 5.41) is 0. The van der Waals surface area contributed by atoms with Gasteiger partial charge >= 0.3 is 24.1 Å². The highest BCUT2D eigenvalue weighted by molar-refractivity contribution is 5.79. The first-order chi connectivity index (χ1) is 46.1. The minimum atomic E-state index is -0.847. The predicted molar refractivity (Wildman–Crippen MR) is 388 cm³/mol. The second-order valence-corrected chi connectivity index (χ2v) is 27.8. The summed E-state index contributed by atoms with van der Waals surface area (Å²) in [5.74, 6) is -1.42. The number of esters is 2. The summed E-state index contributed by atoms with van der Waals surface area (Å²) < 4.78 is 64.0. The minimum absolute atomic E-state index is 0.0465. The number of amides is 2. The molecular formula is C78H148N2O15. The van der Waals surface area contributed by atoms with Crippen LogP contribution in [-0.4, -0.2) is 177 Å². The Hall–Kier alpha value is -3.32. The molecule has 0 rings (SSSR count). The van der Waals surface area contributed by atoms with E-state index in [2.05, 4.69) is 45.1 Å². The summed E-state index contributed by atoms with van der Waals surface area (Å²) >= 11 is 0. The Morgan fingerprint density at radius 3 is 1.06 bits per heavy atom. The van der Waals surface area contributed by atoms with Crippen molar-refractivity contribution in [3.05, 3.63) is 24.3 Å². The number of carbonyl (C=O) groups excluding carboxylic acids is 4. The third-order valence-corrected chi connectivity index (χ3v) is 16.3. The fourth-order valence-corrected chi connectivity index (χ4v) is 10.7. The number of hydrogen-bond donors (Lipinski definition) is 0. The van der Waals surface area contributed by atoms with Crippen molar-refractivity contribution in [2.75, 3.05) is 119 Å². The zero-order chi connectivity index (χ0) is 69.8. The number of unbranched alkanes of at least 4 members (excludes halogenated alkanes) is 33. The van der Waals surface area contributed by atoms with Crippen molar-refractivity contribution in [1.29, 1.82) is 0 Å². The van der Waals surface area contributed by atoms with E-state index < -0.39 is 48.4 Å². The monoisotopic (exact) mass is 1350 g/mol. The van der Waals surface area contributed by atoms with Crippen molar-refractivity contribution in [3.63, 3.8) is 0 Å². The number of methoxy groups -OCH3 is 1. The van der Waals surface area contributed by atoms with Crippen molar-refractivity contribution in [3.8, 4) is 0 Å². The smallest absolute Gasteiger partial charge is 0.410 e. The molecule has 0 aliphatic carbocycles. The van der Waals surface area contributed by atoms with Crippen LogP contribution >= 0.6 is 0 Å². The number of carbonyl (C=O) groups is 4. The maximum absolute atomic E-state index is 13.1. The summed E-state index contributed by atoms with van der Waals surface area (Å²) in [5.41, 5.74) is -1.62. The van der Waals surface area contributed by atoms with Gasteiger partial charge in [0, 0.05) is 26.9 Å². The molecule has 0 heterocycles. The molecule has 560 valence electrons. The van der Waals surface area contributed by atoms with E-state index in [-0.39, 0.29) is 58.3 Å². The Morgan fingerprint density at radius 1 is 0.337 bits per heavy atom. The SMILES string of the molecule is CCCCCCCC/C=C\CCCCCCCCOCC(OCCCCCCCC/C=C\CCCCCCCC)C(CCCCCCCCCCCC)OCCOCCOCCOCCOC(=O)CN(CCOC(=O)CN(CCOC)C(=O)OC(C)(C)C)C(=O)OC(C)(C)C. The molecule has 2 unspecified atom stereocenters. The third kappa shape index (κ3) is 66.3. The highest BCUT2D eigenvalue weighted by Crippen LogP contribution is 2.20. The second kappa shape index (κ2) is 67.8. The van der Waals surface area contributed by atoms with E-state index in [1.165, 1.54) is 237 Å². The highest BCUT2D eigenvalue weighted by atomic mass is 16.6. The average molecular weight is 1350 g/mol. The Bertz CT molecular complexity index is 1770. The molecule has 0 fully saturated rings. The lowest BCUT2D eigenvalue weighted by molar-refractivity contribution is -0.147. The fraction of sp³-hybridized carbons (Fsp3) is 0.897. The second-order valence-electron chi connectivity index (χ2n) is 27.8. The molecule has 0 aliphatic heterocycles. The molecule has 0 spiro atoms. The molecule has 0 bridgehead atoms. The van der Waals surface area contributed by atoms with Crippen LogP contribution in [0.1, 0.15) is 313 Å². The normalized spacial score (nSPS) is 12.7. The Kier molecular flexibility index (Phi) is 65.5. The summed E-state index contributed by atoms with van der Waals surface area (Å²) in [6.45, 7) is 20.5. The number of nitrogens with zero attached hydrogens (tertiary/aromatic N) is 2. The molecule has 0 N–H and O–H groups in total. The van der Waals surface area contributed by atoms with Gasteiger partial charge in [0.25, 0.3) is 0 Å². The van der Waals surface area contributed by atoms with Gasteiger partial charge in [-0.3, -0.25) is 19.4 Å². The van der Waals surface area contributed by atoms with Gasteiger partial charge in [0.1, 0.15) is 43.6 Å². The van der Waals surface area contributed by atoms with Crippen molar-refractivity contribution >= 4 is 24.1 Å². The lowest BCUT2D eigenvalue weighted by Crippen LogP contribution is -2.43. The molecule has 17 nitrogen and oxygen atoms in total. The van der Waals surface area contributed by atoms with Gasteiger partial charge in [0.2, 0.25) is 0 Å². The van der Waals surface area contributed by atoms with Gasteiger partial charge in [-0.05, 0) is 112 Å².